The normalized spacial score (nSPS) is 14.2. The Kier molecular flexibility index (Phi) is 5.70. The van der Waals surface area contributed by atoms with Crippen LogP contribution in [-0.4, -0.2) is 27.5 Å². The topological polar surface area (TPSA) is 84.5 Å². The lowest BCUT2D eigenvalue weighted by Gasteiger charge is -2.11. The lowest BCUT2D eigenvalue weighted by molar-refractivity contribution is 0.0950. The van der Waals surface area contributed by atoms with Gasteiger partial charge >= 0.3 is 0 Å². The fourth-order valence-corrected chi connectivity index (χ4v) is 3.95. The van der Waals surface area contributed by atoms with E-state index in [1.54, 1.807) is 19.2 Å². The van der Waals surface area contributed by atoms with Crippen LogP contribution in [0.25, 0.3) is 0 Å². The number of sulfonamides is 1. The summed E-state index contributed by atoms with van der Waals surface area (Å²) in [6, 6.07) is 13.8. The molecule has 2 aromatic carbocycles. The first-order chi connectivity index (χ1) is 12.5. The fraction of sp³-hybridized carbons (Fsp3) is 0.316. The maximum Gasteiger partial charge on any atom is 0.251 e. The highest BCUT2D eigenvalue weighted by molar-refractivity contribution is 7.89. The third kappa shape index (κ3) is 4.69. The molecule has 3 rings (SSSR count). The van der Waals surface area contributed by atoms with E-state index >= 15 is 0 Å². The molecule has 1 fully saturated rings. The van der Waals surface area contributed by atoms with Crippen LogP contribution in [0, 0.1) is 0 Å². The SMILES string of the molecule is COCc1ccccc1CNC(=O)c1cccc(S(=O)(=O)NC2CC2)c1. The van der Waals surface area contributed by atoms with Gasteiger partial charge in [-0.2, -0.15) is 0 Å². The van der Waals surface area contributed by atoms with Gasteiger partial charge in [-0.05, 0) is 42.2 Å². The van der Waals surface area contributed by atoms with E-state index in [1.807, 2.05) is 24.3 Å². The summed E-state index contributed by atoms with van der Waals surface area (Å²) in [6.45, 7) is 0.808. The Labute approximate surface area is 153 Å². The number of nitrogens with one attached hydrogen (secondary N) is 2. The highest BCUT2D eigenvalue weighted by atomic mass is 32.2. The minimum atomic E-state index is -3.58. The molecule has 0 saturated heterocycles. The van der Waals surface area contributed by atoms with Crippen molar-refractivity contribution >= 4 is 15.9 Å². The van der Waals surface area contributed by atoms with Crippen LogP contribution in [0.5, 0.6) is 0 Å². The van der Waals surface area contributed by atoms with E-state index < -0.39 is 10.0 Å². The average Bonchev–Trinajstić information content (AvgIpc) is 3.44. The smallest absolute Gasteiger partial charge is 0.251 e. The summed E-state index contributed by atoms with van der Waals surface area (Å²) in [5, 5.41) is 2.84. The summed E-state index contributed by atoms with van der Waals surface area (Å²) < 4.78 is 32.4. The van der Waals surface area contributed by atoms with Gasteiger partial charge in [0.1, 0.15) is 0 Å². The lowest BCUT2D eigenvalue weighted by atomic mass is 10.1. The van der Waals surface area contributed by atoms with Gasteiger partial charge in [0.2, 0.25) is 10.0 Å². The van der Waals surface area contributed by atoms with Crippen molar-refractivity contribution in [3.8, 4) is 0 Å². The summed E-state index contributed by atoms with van der Waals surface area (Å²) in [7, 11) is -1.96. The van der Waals surface area contributed by atoms with E-state index in [1.165, 1.54) is 12.1 Å². The van der Waals surface area contributed by atoms with Crippen LogP contribution in [0.15, 0.2) is 53.4 Å². The standard InChI is InChI=1S/C19H22N2O4S/c1-25-13-16-6-3-2-5-15(16)12-20-19(22)14-7-4-8-18(11-14)26(23,24)21-17-9-10-17/h2-8,11,17,21H,9-10,12-13H2,1H3,(H,20,22). The molecule has 7 heteroatoms. The van der Waals surface area contributed by atoms with Crippen molar-refractivity contribution in [3.63, 3.8) is 0 Å². The fourth-order valence-electron chi connectivity index (χ4n) is 2.60. The molecule has 0 bridgehead atoms. The van der Waals surface area contributed by atoms with Crippen molar-refractivity contribution in [3.05, 3.63) is 65.2 Å². The van der Waals surface area contributed by atoms with Gasteiger partial charge < -0.3 is 10.1 Å². The Bertz CT molecular complexity index is 892. The quantitative estimate of drug-likeness (QED) is 0.742. The molecule has 138 valence electrons. The van der Waals surface area contributed by atoms with Gasteiger partial charge in [0, 0.05) is 25.3 Å². The zero-order valence-electron chi connectivity index (χ0n) is 14.6. The van der Waals surface area contributed by atoms with Crippen molar-refractivity contribution < 1.29 is 17.9 Å². The lowest BCUT2D eigenvalue weighted by Crippen LogP contribution is -2.27. The minimum Gasteiger partial charge on any atom is -0.380 e. The molecule has 0 aromatic heterocycles. The Balaban J connectivity index is 1.69. The second-order valence-electron chi connectivity index (χ2n) is 6.31. The van der Waals surface area contributed by atoms with Crippen molar-refractivity contribution in [2.45, 2.75) is 36.9 Å². The van der Waals surface area contributed by atoms with E-state index in [2.05, 4.69) is 10.0 Å². The summed E-state index contributed by atoms with van der Waals surface area (Å²) >= 11 is 0. The first-order valence-corrected chi connectivity index (χ1v) is 9.94. The van der Waals surface area contributed by atoms with Gasteiger partial charge in [-0.3, -0.25) is 4.79 Å². The monoisotopic (exact) mass is 374 g/mol. The Morgan fingerprint density at radius 2 is 1.85 bits per heavy atom. The van der Waals surface area contributed by atoms with Gasteiger partial charge in [-0.15, -0.1) is 0 Å². The molecule has 2 N–H and O–H groups in total. The van der Waals surface area contributed by atoms with E-state index in [0.717, 1.165) is 24.0 Å². The third-order valence-corrected chi connectivity index (χ3v) is 5.68. The Morgan fingerprint density at radius 1 is 1.12 bits per heavy atom. The molecule has 0 aliphatic heterocycles. The van der Waals surface area contributed by atoms with Gasteiger partial charge in [0.15, 0.2) is 0 Å². The van der Waals surface area contributed by atoms with Crippen LogP contribution in [-0.2, 0) is 27.9 Å². The second-order valence-corrected chi connectivity index (χ2v) is 8.02. The zero-order chi connectivity index (χ0) is 18.6. The van der Waals surface area contributed by atoms with Crippen LogP contribution in [0.2, 0.25) is 0 Å². The molecule has 1 saturated carbocycles. The van der Waals surface area contributed by atoms with E-state index in [4.69, 9.17) is 4.74 Å². The number of benzene rings is 2. The van der Waals surface area contributed by atoms with Crippen LogP contribution >= 0.6 is 0 Å². The number of amides is 1. The molecule has 6 nitrogen and oxygen atoms in total. The highest BCUT2D eigenvalue weighted by Gasteiger charge is 2.28. The van der Waals surface area contributed by atoms with Crippen LogP contribution in [0.4, 0.5) is 0 Å². The summed E-state index contributed by atoms with van der Waals surface area (Å²) in [6.07, 6.45) is 1.72. The van der Waals surface area contributed by atoms with E-state index in [-0.39, 0.29) is 16.8 Å². The number of ether oxygens (including phenoxy) is 1. The molecular weight excluding hydrogens is 352 g/mol. The first kappa shape index (κ1) is 18.6. The van der Waals surface area contributed by atoms with Gasteiger partial charge in [-0.25, -0.2) is 13.1 Å². The number of methoxy groups -OCH3 is 1. The van der Waals surface area contributed by atoms with Crippen molar-refractivity contribution in [1.29, 1.82) is 0 Å². The van der Waals surface area contributed by atoms with Crippen molar-refractivity contribution in [1.82, 2.24) is 10.0 Å². The molecule has 1 aliphatic carbocycles. The highest BCUT2D eigenvalue weighted by Crippen LogP contribution is 2.22. The second kappa shape index (κ2) is 7.99. The average molecular weight is 374 g/mol. The maximum absolute atomic E-state index is 12.4. The van der Waals surface area contributed by atoms with Crippen molar-refractivity contribution in [2.24, 2.45) is 0 Å². The van der Waals surface area contributed by atoms with Crippen molar-refractivity contribution in [2.75, 3.05) is 7.11 Å². The molecule has 0 radical (unpaired) electrons. The van der Waals surface area contributed by atoms with Crippen LogP contribution < -0.4 is 10.0 Å². The van der Waals surface area contributed by atoms with Gasteiger partial charge in [0.25, 0.3) is 5.91 Å². The molecule has 1 aliphatic rings. The molecule has 0 spiro atoms. The molecule has 0 atom stereocenters. The predicted octanol–water partition coefficient (Wildman–Crippen LogP) is 2.20. The number of carbonyl (C=O) groups is 1. The predicted molar refractivity (Wildman–Crippen MR) is 98.1 cm³/mol. The van der Waals surface area contributed by atoms with Gasteiger partial charge in [-0.1, -0.05) is 30.3 Å². The van der Waals surface area contributed by atoms with Crippen LogP contribution in [0.1, 0.15) is 34.3 Å². The summed E-state index contributed by atoms with van der Waals surface area (Å²) in [5.74, 6) is -0.319. The number of hydrogen-bond acceptors (Lipinski definition) is 4. The molecule has 1 amide bonds. The summed E-state index contributed by atoms with van der Waals surface area (Å²) in [4.78, 5) is 12.6. The van der Waals surface area contributed by atoms with E-state index in [0.29, 0.717) is 18.7 Å². The molecule has 2 aromatic rings. The molecular formula is C19H22N2O4S. The maximum atomic E-state index is 12.4. The number of rotatable bonds is 8. The number of hydrogen-bond donors (Lipinski definition) is 2. The molecule has 26 heavy (non-hydrogen) atoms. The Hall–Kier alpha value is -2.22. The Morgan fingerprint density at radius 3 is 2.54 bits per heavy atom. The number of carbonyl (C=O) groups excluding carboxylic acids is 1. The zero-order valence-corrected chi connectivity index (χ0v) is 15.4. The van der Waals surface area contributed by atoms with Gasteiger partial charge in [0.05, 0.1) is 11.5 Å². The molecule has 0 unspecified atom stereocenters. The minimum absolute atomic E-state index is 0.0229. The first-order valence-electron chi connectivity index (χ1n) is 8.46. The van der Waals surface area contributed by atoms with E-state index in [9.17, 15) is 13.2 Å². The summed E-state index contributed by atoms with van der Waals surface area (Å²) in [5.41, 5.74) is 2.27. The molecule has 0 heterocycles. The largest absolute Gasteiger partial charge is 0.380 e. The van der Waals surface area contributed by atoms with Crippen LogP contribution in [0.3, 0.4) is 0 Å². The third-order valence-electron chi connectivity index (χ3n) is 4.16.